The van der Waals surface area contributed by atoms with Crippen molar-refractivity contribution in [1.82, 2.24) is 14.7 Å². The molecule has 162 valence electrons. The zero-order valence-electron chi connectivity index (χ0n) is 17.2. The second-order valence-electron chi connectivity index (χ2n) is 8.49. The topological polar surface area (TPSA) is 65.1 Å². The highest BCUT2D eigenvalue weighted by atomic mass is 19.1. The highest BCUT2D eigenvalue weighted by molar-refractivity contribution is 5.94. The van der Waals surface area contributed by atoms with Crippen LogP contribution in [0.15, 0.2) is 54.6 Å². The maximum atomic E-state index is 13.1. The standard InChI is InChI=1S/C23H25FN4O3/c24-18-6-8-19(9-7-18)25-22(30)27-15-23(16-27)14-26(12-20-13-31-11-10-28(20)23)21(29)17-4-2-1-3-5-17/h1-9,20H,10-16H2,(H,25,30)/t20-/m1/s1. The van der Waals surface area contributed by atoms with Crippen molar-refractivity contribution in [1.29, 1.82) is 0 Å². The van der Waals surface area contributed by atoms with Crippen molar-refractivity contribution in [3.8, 4) is 0 Å². The molecule has 3 saturated heterocycles. The Morgan fingerprint density at radius 3 is 2.45 bits per heavy atom. The van der Waals surface area contributed by atoms with Crippen molar-refractivity contribution < 1.29 is 18.7 Å². The van der Waals surface area contributed by atoms with Gasteiger partial charge in [-0.2, -0.15) is 0 Å². The lowest BCUT2D eigenvalue weighted by molar-refractivity contribution is -0.147. The van der Waals surface area contributed by atoms with Crippen LogP contribution in [0.2, 0.25) is 0 Å². The number of carbonyl (C=O) groups is 2. The Kier molecular flexibility index (Phi) is 5.11. The fourth-order valence-corrected chi connectivity index (χ4v) is 4.94. The Balaban J connectivity index is 1.30. The molecule has 3 aliphatic rings. The van der Waals surface area contributed by atoms with E-state index in [1.54, 1.807) is 17.0 Å². The van der Waals surface area contributed by atoms with Crippen LogP contribution in [0.4, 0.5) is 14.9 Å². The number of urea groups is 1. The summed E-state index contributed by atoms with van der Waals surface area (Å²) in [6, 6.07) is 14.9. The van der Waals surface area contributed by atoms with E-state index in [1.807, 2.05) is 35.2 Å². The van der Waals surface area contributed by atoms with E-state index in [4.69, 9.17) is 4.74 Å². The first kappa shape index (κ1) is 20.0. The van der Waals surface area contributed by atoms with Gasteiger partial charge in [-0.1, -0.05) is 18.2 Å². The molecule has 0 radical (unpaired) electrons. The predicted octanol–water partition coefficient (Wildman–Crippen LogP) is 2.27. The SMILES string of the molecule is O=C(Nc1ccc(F)cc1)N1CC2(C1)CN(C(=O)c1ccccc1)C[C@@H]1COCCN12. The third-order valence-corrected chi connectivity index (χ3v) is 6.41. The summed E-state index contributed by atoms with van der Waals surface area (Å²) in [6.45, 7) is 4.32. The lowest BCUT2D eigenvalue weighted by Crippen LogP contribution is -2.81. The molecule has 7 nitrogen and oxygen atoms in total. The van der Waals surface area contributed by atoms with Gasteiger partial charge in [0.05, 0.1) is 24.8 Å². The lowest BCUT2D eigenvalue weighted by atomic mass is 9.82. The largest absolute Gasteiger partial charge is 0.378 e. The highest BCUT2D eigenvalue weighted by Gasteiger charge is 2.56. The van der Waals surface area contributed by atoms with Gasteiger partial charge < -0.3 is 19.9 Å². The number of morpholine rings is 1. The molecule has 1 N–H and O–H groups in total. The maximum Gasteiger partial charge on any atom is 0.321 e. The molecular formula is C23H25FN4O3. The number of amides is 3. The van der Waals surface area contributed by atoms with Crippen LogP contribution >= 0.6 is 0 Å². The molecule has 8 heteroatoms. The molecule has 0 aromatic heterocycles. The normalized spacial score (nSPS) is 22.5. The van der Waals surface area contributed by atoms with Crippen LogP contribution in [-0.4, -0.2) is 84.2 Å². The van der Waals surface area contributed by atoms with Gasteiger partial charge in [0.25, 0.3) is 5.91 Å². The van der Waals surface area contributed by atoms with Gasteiger partial charge in [-0.3, -0.25) is 9.69 Å². The van der Waals surface area contributed by atoms with Crippen LogP contribution < -0.4 is 5.32 Å². The molecule has 3 heterocycles. The molecule has 3 fully saturated rings. The van der Waals surface area contributed by atoms with E-state index in [1.165, 1.54) is 12.1 Å². The van der Waals surface area contributed by atoms with Gasteiger partial charge in [-0.15, -0.1) is 0 Å². The van der Waals surface area contributed by atoms with E-state index in [0.29, 0.717) is 50.6 Å². The fourth-order valence-electron chi connectivity index (χ4n) is 4.94. The molecule has 3 aliphatic heterocycles. The molecule has 0 aliphatic carbocycles. The molecule has 3 amide bonds. The van der Waals surface area contributed by atoms with Gasteiger partial charge >= 0.3 is 6.03 Å². The number of likely N-dealkylation sites (tertiary alicyclic amines) is 1. The quantitative estimate of drug-likeness (QED) is 0.803. The van der Waals surface area contributed by atoms with Gasteiger partial charge in [0.1, 0.15) is 5.82 Å². The summed E-state index contributed by atoms with van der Waals surface area (Å²) in [4.78, 5) is 31.9. The summed E-state index contributed by atoms with van der Waals surface area (Å²) in [5.74, 6) is -0.330. The minimum absolute atomic E-state index is 0.0133. The van der Waals surface area contributed by atoms with Crippen molar-refractivity contribution in [3.63, 3.8) is 0 Å². The number of nitrogens with one attached hydrogen (secondary N) is 1. The molecule has 2 aromatic rings. The minimum atomic E-state index is -0.343. The third-order valence-electron chi connectivity index (χ3n) is 6.41. The number of anilines is 1. The van der Waals surface area contributed by atoms with E-state index in [0.717, 1.165) is 6.54 Å². The fraction of sp³-hybridized carbons (Fsp3) is 0.391. The number of ether oxygens (including phenoxy) is 1. The van der Waals surface area contributed by atoms with E-state index in [-0.39, 0.29) is 29.3 Å². The number of carbonyl (C=O) groups excluding carboxylic acids is 2. The molecule has 1 atom stereocenters. The van der Waals surface area contributed by atoms with E-state index >= 15 is 0 Å². The van der Waals surface area contributed by atoms with Crippen LogP contribution in [0.5, 0.6) is 0 Å². The zero-order chi connectivity index (χ0) is 21.4. The van der Waals surface area contributed by atoms with Crippen LogP contribution in [0.1, 0.15) is 10.4 Å². The molecular weight excluding hydrogens is 399 g/mol. The summed E-state index contributed by atoms with van der Waals surface area (Å²) in [5, 5.41) is 2.82. The van der Waals surface area contributed by atoms with E-state index < -0.39 is 0 Å². The third kappa shape index (κ3) is 3.77. The molecule has 1 spiro atoms. The number of halogens is 1. The van der Waals surface area contributed by atoms with Crippen molar-refractivity contribution in [3.05, 3.63) is 66.0 Å². The first-order valence-corrected chi connectivity index (χ1v) is 10.5. The molecule has 0 bridgehead atoms. The van der Waals surface area contributed by atoms with Crippen LogP contribution in [0, 0.1) is 5.82 Å². The molecule has 5 rings (SSSR count). The van der Waals surface area contributed by atoms with Gasteiger partial charge in [0.2, 0.25) is 0 Å². The monoisotopic (exact) mass is 424 g/mol. The Morgan fingerprint density at radius 1 is 1.00 bits per heavy atom. The summed E-state index contributed by atoms with van der Waals surface area (Å²) in [5.41, 5.74) is 0.964. The Hall–Kier alpha value is -2.97. The average molecular weight is 424 g/mol. The number of hydrogen-bond donors (Lipinski definition) is 1. The Morgan fingerprint density at radius 2 is 1.71 bits per heavy atom. The van der Waals surface area contributed by atoms with E-state index in [2.05, 4.69) is 10.2 Å². The summed E-state index contributed by atoms with van der Waals surface area (Å²) in [7, 11) is 0. The van der Waals surface area contributed by atoms with Crippen molar-refractivity contribution >= 4 is 17.6 Å². The smallest absolute Gasteiger partial charge is 0.321 e. The first-order valence-electron chi connectivity index (χ1n) is 10.5. The molecule has 31 heavy (non-hydrogen) atoms. The second-order valence-corrected chi connectivity index (χ2v) is 8.49. The number of fused-ring (bicyclic) bond motifs is 2. The number of rotatable bonds is 2. The van der Waals surface area contributed by atoms with Gasteiger partial charge in [0, 0.05) is 44.0 Å². The van der Waals surface area contributed by atoms with Crippen molar-refractivity contribution in [2.75, 3.05) is 51.3 Å². The number of nitrogens with zero attached hydrogens (tertiary/aromatic N) is 3. The van der Waals surface area contributed by atoms with Crippen molar-refractivity contribution in [2.24, 2.45) is 0 Å². The summed E-state index contributed by atoms with van der Waals surface area (Å²) in [6.07, 6.45) is 0. The average Bonchev–Trinajstić information content (AvgIpc) is 2.78. The maximum absolute atomic E-state index is 13.1. The zero-order valence-corrected chi connectivity index (χ0v) is 17.2. The Bertz CT molecular complexity index is 963. The second kappa shape index (κ2) is 7.94. The van der Waals surface area contributed by atoms with E-state index in [9.17, 15) is 14.0 Å². The van der Waals surface area contributed by atoms with Crippen LogP contribution in [-0.2, 0) is 4.74 Å². The highest BCUT2D eigenvalue weighted by Crippen LogP contribution is 2.36. The number of piperazine rings is 1. The number of hydrogen-bond acceptors (Lipinski definition) is 4. The first-order chi connectivity index (χ1) is 15.0. The Labute approximate surface area is 180 Å². The van der Waals surface area contributed by atoms with Crippen LogP contribution in [0.25, 0.3) is 0 Å². The number of benzene rings is 2. The van der Waals surface area contributed by atoms with Gasteiger partial charge in [0.15, 0.2) is 0 Å². The molecule has 0 saturated carbocycles. The minimum Gasteiger partial charge on any atom is -0.378 e. The van der Waals surface area contributed by atoms with Crippen molar-refractivity contribution in [2.45, 2.75) is 11.6 Å². The van der Waals surface area contributed by atoms with Gasteiger partial charge in [-0.05, 0) is 36.4 Å². The lowest BCUT2D eigenvalue weighted by Gasteiger charge is -2.63. The summed E-state index contributed by atoms with van der Waals surface area (Å²) >= 11 is 0. The summed E-state index contributed by atoms with van der Waals surface area (Å²) < 4.78 is 18.8. The predicted molar refractivity (Wildman–Crippen MR) is 113 cm³/mol. The van der Waals surface area contributed by atoms with Gasteiger partial charge in [-0.25, -0.2) is 9.18 Å². The molecule has 0 unspecified atom stereocenters. The molecule has 2 aromatic carbocycles. The van der Waals surface area contributed by atoms with Crippen LogP contribution in [0.3, 0.4) is 0 Å².